The molecule has 2 heterocycles. The predicted octanol–water partition coefficient (Wildman–Crippen LogP) is 3.45. The number of hydrogen-bond donors (Lipinski definition) is 1. The number of nitrogens with zero attached hydrogens (tertiary/aromatic N) is 2. The average Bonchev–Trinajstić information content (AvgIpc) is 2.69. The van der Waals surface area contributed by atoms with Crippen LogP contribution in [0, 0.1) is 12.7 Å². The van der Waals surface area contributed by atoms with Crippen molar-refractivity contribution in [3.8, 4) is 0 Å². The first kappa shape index (κ1) is 18.8. The highest BCUT2D eigenvalue weighted by atomic mass is 32.2. The maximum absolute atomic E-state index is 13.7. The summed E-state index contributed by atoms with van der Waals surface area (Å²) in [6.45, 7) is 3.39. The third kappa shape index (κ3) is 3.71. The van der Waals surface area contributed by atoms with Crippen LogP contribution < -0.4 is 5.32 Å². The van der Waals surface area contributed by atoms with Crippen LogP contribution in [0.15, 0.2) is 53.4 Å². The summed E-state index contributed by atoms with van der Waals surface area (Å²) in [5, 5.41) is 3.90. The van der Waals surface area contributed by atoms with Crippen LogP contribution in [0.2, 0.25) is 0 Å². The van der Waals surface area contributed by atoms with Crippen molar-refractivity contribution in [3.63, 3.8) is 0 Å². The normalized spacial score (nSPS) is 15.6. The van der Waals surface area contributed by atoms with Gasteiger partial charge in [-0.05, 0) is 55.5 Å². The lowest BCUT2D eigenvalue weighted by Gasteiger charge is -2.26. The van der Waals surface area contributed by atoms with Crippen LogP contribution in [0.3, 0.4) is 0 Å². The minimum atomic E-state index is -3.53. The molecule has 3 aromatic rings. The zero-order valence-corrected chi connectivity index (χ0v) is 16.2. The Morgan fingerprint density at radius 1 is 1.07 bits per heavy atom. The van der Waals surface area contributed by atoms with Crippen molar-refractivity contribution in [2.45, 2.75) is 11.8 Å². The molecule has 0 saturated carbocycles. The van der Waals surface area contributed by atoms with Gasteiger partial charge in [0.25, 0.3) is 0 Å². The summed E-state index contributed by atoms with van der Waals surface area (Å²) in [5.74, 6) is -0.340. The predicted molar refractivity (Wildman–Crippen MR) is 106 cm³/mol. The molecule has 1 aliphatic rings. The number of aromatic nitrogens is 1. The number of aryl methyl sites for hydroxylation is 1. The first-order valence-corrected chi connectivity index (χ1v) is 10.4. The molecule has 1 N–H and O–H groups in total. The van der Waals surface area contributed by atoms with Gasteiger partial charge >= 0.3 is 0 Å². The van der Waals surface area contributed by atoms with Crippen molar-refractivity contribution in [2.75, 3.05) is 31.6 Å². The highest BCUT2D eigenvalue weighted by molar-refractivity contribution is 7.89. The van der Waals surface area contributed by atoms with Crippen LogP contribution in [0.1, 0.15) is 5.69 Å². The van der Waals surface area contributed by atoms with E-state index in [1.54, 1.807) is 30.3 Å². The molecule has 1 fully saturated rings. The second-order valence-electron chi connectivity index (χ2n) is 6.64. The topological polar surface area (TPSA) is 71.5 Å². The monoisotopic (exact) mass is 401 g/mol. The van der Waals surface area contributed by atoms with Gasteiger partial charge in [-0.2, -0.15) is 4.31 Å². The third-order valence-electron chi connectivity index (χ3n) is 4.64. The van der Waals surface area contributed by atoms with E-state index in [1.165, 1.54) is 16.4 Å². The first-order chi connectivity index (χ1) is 13.4. The van der Waals surface area contributed by atoms with Crippen LogP contribution in [0.25, 0.3) is 10.9 Å². The van der Waals surface area contributed by atoms with Crippen molar-refractivity contribution in [2.24, 2.45) is 0 Å². The number of pyridine rings is 1. The minimum Gasteiger partial charge on any atom is -0.379 e. The standard InChI is InChI=1S/C20H20FN3O3S/c1-14-12-20(18-13-15(21)2-7-19(18)22-14)23-16-3-5-17(6-4-16)28(25,26)24-8-10-27-11-9-24/h2-7,12-13H,8-11H2,1H3,(H,22,23). The summed E-state index contributed by atoms with van der Waals surface area (Å²) >= 11 is 0. The van der Waals surface area contributed by atoms with Gasteiger partial charge in [0.05, 0.1) is 23.6 Å². The van der Waals surface area contributed by atoms with Gasteiger partial charge in [-0.3, -0.25) is 4.98 Å². The van der Waals surface area contributed by atoms with Gasteiger partial charge in [0.2, 0.25) is 10.0 Å². The number of nitrogens with one attached hydrogen (secondary N) is 1. The van der Waals surface area contributed by atoms with E-state index in [0.717, 1.165) is 5.69 Å². The van der Waals surface area contributed by atoms with Crippen molar-refractivity contribution in [1.82, 2.24) is 9.29 Å². The van der Waals surface area contributed by atoms with Gasteiger partial charge in [0, 0.05) is 35.5 Å². The second kappa shape index (κ2) is 7.46. The molecule has 0 amide bonds. The zero-order chi connectivity index (χ0) is 19.7. The Morgan fingerprint density at radius 2 is 1.79 bits per heavy atom. The fourth-order valence-corrected chi connectivity index (χ4v) is 4.64. The first-order valence-electron chi connectivity index (χ1n) is 8.95. The Balaban J connectivity index is 1.62. The number of anilines is 2. The molecule has 2 aromatic carbocycles. The van der Waals surface area contributed by atoms with E-state index in [4.69, 9.17) is 4.74 Å². The third-order valence-corrected chi connectivity index (χ3v) is 6.55. The van der Waals surface area contributed by atoms with E-state index in [-0.39, 0.29) is 10.7 Å². The van der Waals surface area contributed by atoms with Crippen molar-refractivity contribution in [1.29, 1.82) is 0 Å². The lowest BCUT2D eigenvalue weighted by Crippen LogP contribution is -2.40. The van der Waals surface area contributed by atoms with Gasteiger partial charge in [-0.25, -0.2) is 12.8 Å². The molecular formula is C20H20FN3O3S. The molecule has 1 aromatic heterocycles. The van der Waals surface area contributed by atoms with Crippen LogP contribution in [0.4, 0.5) is 15.8 Å². The van der Waals surface area contributed by atoms with Gasteiger partial charge in [0.15, 0.2) is 0 Å². The molecule has 1 saturated heterocycles. The molecular weight excluding hydrogens is 381 g/mol. The quantitative estimate of drug-likeness (QED) is 0.725. The fraction of sp³-hybridized carbons (Fsp3) is 0.250. The van der Waals surface area contributed by atoms with Crippen LogP contribution in [-0.4, -0.2) is 44.0 Å². The number of halogens is 1. The van der Waals surface area contributed by atoms with E-state index in [1.807, 2.05) is 13.0 Å². The van der Waals surface area contributed by atoms with Crippen molar-refractivity contribution in [3.05, 3.63) is 60.0 Å². The van der Waals surface area contributed by atoms with E-state index < -0.39 is 10.0 Å². The molecule has 0 spiro atoms. The van der Waals surface area contributed by atoms with E-state index >= 15 is 0 Å². The largest absolute Gasteiger partial charge is 0.379 e. The lowest BCUT2D eigenvalue weighted by atomic mass is 10.1. The molecule has 0 bridgehead atoms. The molecule has 1 aliphatic heterocycles. The molecule has 6 nitrogen and oxygen atoms in total. The Morgan fingerprint density at radius 3 is 2.50 bits per heavy atom. The van der Waals surface area contributed by atoms with Crippen molar-refractivity contribution < 1.29 is 17.5 Å². The molecule has 0 unspecified atom stereocenters. The minimum absolute atomic E-state index is 0.238. The lowest BCUT2D eigenvalue weighted by molar-refractivity contribution is 0.0730. The summed E-state index contributed by atoms with van der Waals surface area (Å²) < 4.78 is 45.8. The Bertz CT molecular complexity index is 1110. The fourth-order valence-electron chi connectivity index (χ4n) is 3.24. The number of morpholine rings is 1. The molecule has 0 radical (unpaired) electrons. The molecule has 4 rings (SSSR count). The summed E-state index contributed by atoms with van der Waals surface area (Å²) in [5.41, 5.74) is 2.91. The smallest absolute Gasteiger partial charge is 0.243 e. The SMILES string of the molecule is Cc1cc(Nc2ccc(S(=O)(=O)N3CCOCC3)cc2)c2cc(F)ccc2n1. The molecule has 0 atom stereocenters. The highest BCUT2D eigenvalue weighted by Gasteiger charge is 2.26. The van der Waals surface area contributed by atoms with Gasteiger partial charge < -0.3 is 10.1 Å². The van der Waals surface area contributed by atoms with E-state index in [2.05, 4.69) is 10.3 Å². The van der Waals surface area contributed by atoms with Gasteiger partial charge in [-0.15, -0.1) is 0 Å². The van der Waals surface area contributed by atoms with Gasteiger partial charge in [0.1, 0.15) is 5.82 Å². The van der Waals surface area contributed by atoms with Crippen LogP contribution >= 0.6 is 0 Å². The summed E-state index contributed by atoms with van der Waals surface area (Å²) in [6.07, 6.45) is 0. The van der Waals surface area contributed by atoms with E-state index in [0.29, 0.717) is 48.6 Å². The molecule has 146 valence electrons. The number of sulfonamides is 1. The maximum Gasteiger partial charge on any atom is 0.243 e. The molecule has 28 heavy (non-hydrogen) atoms. The number of hydrogen-bond acceptors (Lipinski definition) is 5. The average molecular weight is 401 g/mol. The van der Waals surface area contributed by atoms with Crippen molar-refractivity contribution >= 4 is 32.3 Å². The molecule has 0 aliphatic carbocycles. The highest BCUT2D eigenvalue weighted by Crippen LogP contribution is 2.28. The van der Waals surface area contributed by atoms with E-state index in [9.17, 15) is 12.8 Å². The Labute approximate surface area is 163 Å². The summed E-state index contributed by atoms with van der Waals surface area (Å²) in [4.78, 5) is 4.65. The van der Waals surface area contributed by atoms with Crippen LogP contribution in [0.5, 0.6) is 0 Å². The Hall–Kier alpha value is -2.55. The Kier molecular flexibility index (Phi) is 5.01. The van der Waals surface area contributed by atoms with Gasteiger partial charge in [-0.1, -0.05) is 0 Å². The summed E-state index contributed by atoms with van der Waals surface area (Å²) in [6, 6.07) is 12.8. The maximum atomic E-state index is 13.7. The summed E-state index contributed by atoms with van der Waals surface area (Å²) in [7, 11) is -3.53. The number of benzene rings is 2. The number of fused-ring (bicyclic) bond motifs is 1. The second-order valence-corrected chi connectivity index (χ2v) is 8.58. The number of ether oxygens (including phenoxy) is 1. The molecule has 8 heteroatoms. The zero-order valence-electron chi connectivity index (χ0n) is 15.4. The number of rotatable bonds is 4. The van der Waals surface area contributed by atoms with Crippen LogP contribution in [-0.2, 0) is 14.8 Å².